The average molecular weight is 395 g/mol. The van der Waals surface area contributed by atoms with Crippen molar-refractivity contribution in [3.05, 3.63) is 87.5 Å². The van der Waals surface area contributed by atoms with Crippen LogP contribution in [0.3, 0.4) is 0 Å². The Labute approximate surface area is 165 Å². The van der Waals surface area contributed by atoms with Crippen LogP contribution in [0.25, 0.3) is 0 Å². The lowest BCUT2D eigenvalue weighted by Crippen LogP contribution is -2.17. The molecule has 1 aliphatic rings. The topological polar surface area (TPSA) is 66.4 Å². The highest BCUT2D eigenvalue weighted by Gasteiger charge is 2.29. The number of carbonyl (C=O) groups is 2. The fourth-order valence-electron chi connectivity index (χ4n) is 3.78. The minimum Gasteiger partial charge on any atom is -0.478 e. The minimum absolute atomic E-state index is 0.0148. The predicted octanol–water partition coefficient (Wildman–Crippen LogP) is 5.11. The summed E-state index contributed by atoms with van der Waals surface area (Å²) in [5, 5.41) is 14.7. The smallest absolute Gasteiger partial charge is 0.339 e. The Morgan fingerprint density at radius 3 is 2.64 bits per heavy atom. The molecule has 0 aliphatic heterocycles. The van der Waals surface area contributed by atoms with Crippen LogP contribution < -0.4 is 5.32 Å². The Kier molecular flexibility index (Phi) is 4.96. The molecule has 0 saturated heterocycles. The van der Waals surface area contributed by atoms with Crippen LogP contribution in [-0.2, 0) is 12.8 Å². The number of rotatable bonds is 4. The molecular weight excluding hydrogens is 377 g/mol. The highest BCUT2D eigenvalue weighted by atomic mass is 32.1. The molecule has 1 aliphatic carbocycles. The van der Waals surface area contributed by atoms with Crippen molar-refractivity contribution in [2.45, 2.75) is 25.2 Å². The number of amides is 1. The van der Waals surface area contributed by atoms with Crippen molar-refractivity contribution in [1.29, 1.82) is 0 Å². The Morgan fingerprint density at radius 1 is 1.11 bits per heavy atom. The molecule has 0 saturated carbocycles. The van der Waals surface area contributed by atoms with E-state index in [9.17, 15) is 19.1 Å². The first-order valence-electron chi connectivity index (χ1n) is 9.02. The molecule has 1 amide bonds. The molecule has 1 heterocycles. The summed E-state index contributed by atoms with van der Waals surface area (Å²) in [4.78, 5) is 24.4. The van der Waals surface area contributed by atoms with E-state index in [0.717, 1.165) is 11.1 Å². The highest BCUT2D eigenvalue weighted by molar-refractivity contribution is 7.15. The number of benzene rings is 2. The van der Waals surface area contributed by atoms with Gasteiger partial charge in [0.2, 0.25) is 0 Å². The van der Waals surface area contributed by atoms with Crippen molar-refractivity contribution in [2.24, 2.45) is 0 Å². The molecule has 4 rings (SSSR count). The Hall–Kier alpha value is -2.99. The van der Waals surface area contributed by atoms with Crippen LogP contribution in [0.1, 0.15) is 49.7 Å². The van der Waals surface area contributed by atoms with E-state index in [0.29, 0.717) is 35.4 Å². The quantitative estimate of drug-likeness (QED) is 0.645. The van der Waals surface area contributed by atoms with E-state index in [1.807, 2.05) is 12.1 Å². The van der Waals surface area contributed by atoms with Crippen LogP contribution in [0.4, 0.5) is 9.39 Å². The number of carbonyl (C=O) groups excluding carboxylic acids is 1. The molecule has 4 nitrogen and oxygen atoms in total. The number of nitrogens with one attached hydrogen (secondary N) is 1. The summed E-state index contributed by atoms with van der Waals surface area (Å²) in [6.45, 7) is 0. The molecule has 1 aromatic heterocycles. The third-order valence-corrected chi connectivity index (χ3v) is 6.07. The van der Waals surface area contributed by atoms with Gasteiger partial charge in [0.15, 0.2) is 0 Å². The maximum absolute atomic E-state index is 14.0. The fraction of sp³-hybridized carbons (Fsp3) is 0.182. The van der Waals surface area contributed by atoms with E-state index in [4.69, 9.17) is 0 Å². The molecule has 28 heavy (non-hydrogen) atoms. The molecule has 1 atom stereocenters. The van der Waals surface area contributed by atoms with Crippen LogP contribution >= 0.6 is 11.3 Å². The first-order valence-corrected chi connectivity index (χ1v) is 9.90. The van der Waals surface area contributed by atoms with Gasteiger partial charge in [-0.1, -0.05) is 30.3 Å². The van der Waals surface area contributed by atoms with Gasteiger partial charge in [-0.3, -0.25) is 4.79 Å². The molecule has 0 fully saturated rings. The van der Waals surface area contributed by atoms with Crippen LogP contribution in [0, 0.1) is 5.82 Å². The summed E-state index contributed by atoms with van der Waals surface area (Å²) in [7, 11) is 0. The molecular formula is C22H18FNO3S. The molecule has 142 valence electrons. The fourth-order valence-corrected chi connectivity index (χ4v) is 4.80. The van der Waals surface area contributed by atoms with E-state index < -0.39 is 5.97 Å². The summed E-state index contributed by atoms with van der Waals surface area (Å²) in [5.74, 6) is -1.62. The van der Waals surface area contributed by atoms with Gasteiger partial charge < -0.3 is 10.4 Å². The third-order valence-electron chi connectivity index (χ3n) is 5.16. The summed E-state index contributed by atoms with van der Waals surface area (Å²) < 4.78 is 14.0. The lowest BCUT2D eigenvalue weighted by Gasteiger charge is -2.25. The number of carboxylic acids is 1. The van der Waals surface area contributed by atoms with E-state index in [-0.39, 0.29) is 23.2 Å². The third kappa shape index (κ3) is 3.43. The van der Waals surface area contributed by atoms with Gasteiger partial charge in [-0.05, 0) is 65.4 Å². The van der Waals surface area contributed by atoms with Crippen molar-refractivity contribution in [1.82, 2.24) is 0 Å². The number of fused-ring (bicyclic) bond motifs is 1. The average Bonchev–Trinajstić information content (AvgIpc) is 3.12. The van der Waals surface area contributed by atoms with Crippen molar-refractivity contribution < 1.29 is 19.1 Å². The molecule has 2 aromatic carbocycles. The lowest BCUT2D eigenvalue weighted by atomic mass is 9.79. The van der Waals surface area contributed by atoms with Gasteiger partial charge in [0, 0.05) is 5.56 Å². The van der Waals surface area contributed by atoms with E-state index in [1.165, 1.54) is 17.4 Å². The number of anilines is 1. The van der Waals surface area contributed by atoms with Crippen LogP contribution in [0.5, 0.6) is 0 Å². The number of carboxylic acid groups (broad SMARTS) is 1. The maximum atomic E-state index is 14.0. The van der Waals surface area contributed by atoms with Gasteiger partial charge in [-0.25, -0.2) is 9.18 Å². The van der Waals surface area contributed by atoms with Gasteiger partial charge in [0.1, 0.15) is 10.8 Å². The summed E-state index contributed by atoms with van der Waals surface area (Å²) in [6, 6.07) is 13.7. The van der Waals surface area contributed by atoms with Gasteiger partial charge >= 0.3 is 5.97 Å². The number of hydrogen-bond acceptors (Lipinski definition) is 3. The van der Waals surface area contributed by atoms with Gasteiger partial charge in [-0.15, -0.1) is 11.3 Å². The first-order chi connectivity index (χ1) is 13.5. The zero-order valence-electron chi connectivity index (χ0n) is 14.9. The van der Waals surface area contributed by atoms with Crippen LogP contribution in [0.15, 0.2) is 53.9 Å². The van der Waals surface area contributed by atoms with Crippen molar-refractivity contribution in [3.63, 3.8) is 0 Å². The second-order valence-electron chi connectivity index (χ2n) is 6.84. The van der Waals surface area contributed by atoms with E-state index >= 15 is 0 Å². The van der Waals surface area contributed by atoms with E-state index in [1.54, 1.807) is 35.7 Å². The maximum Gasteiger partial charge on any atom is 0.339 e. The number of halogens is 1. The van der Waals surface area contributed by atoms with Crippen molar-refractivity contribution >= 4 is 28.2 Å². The number of hydrogen-bond donors (Lipinski definition) is 2. The Bertz CT molecular complexity index is 1050. The van der Waals surface area contributed by atoms with Crippen molar-refractivity contribution in [2.75, 3.05) is 5.32 Å². The Morgan fingerprint density at radius 2 is 1.89 bits per heavy atom. The SMILES string of the molecule is O=C(Nc1scc(C2CCc3c(F)cccc3C2)c1C(=O)O)c1ccccc1. The summed E-state index contributed by atoms with van der Waals surface area (Å²) in [6.07, 6.45) is 1.85. The summed E-state index contributed by atoms with van der Waals surface area (Å²) >= 11 is 1.22. The molecule has 0 radical (unpaired) electrons. The second kappa shape index (κ2) is 7.56. The highest BCUT2D eigenvalue weighted by Crippen LogP contribution is 2.40. The molecule has 0 spiro atoms. The summed E-state index contributed by atoms with van der Waals surface area (Å²) in [5.41, 5.74) is 2.96. The zero-order valence-corrected chi connectivity index (χ0v) is 15.8. The zero-order chi connectivity index (χ0) is 19.7. The number of thiophene rings is 1. The first kappa shape index (κ1) is 18.4. The van der Waals surface area contributed by atoms with Crippen LogP contribution in [-0.4, -0.2) is 17.0 Å². The van der Waals surface area contributed by atoms with Gasteiger partial charge in [-0.2, -0.15) is 0 Å². The van der Waals surface area contributed by atoms with Gasteiger partial charge in [0.25, 0.3) is 5.91 Å². The minimum atomic E-state index is -1.07. The standard InChI is InChI=1S/C22H18FNO3S/c23-18-8-4-7-14-11-15(9-10-16(14)18)17-12-28-21(19(17)22(26)27)24-20(25)13-5-2-1-3-6-13/h1-8,12,15H,9-11H2,(H,24,25)(H,26,27). The molecule has 0 bridgehead atoms. The van der Waals surface area contributed by atoms with Gasteiger partial charge in [0.05, 0.1) is 5.56 Å². The molecule has 2 N–H and O–H groups in total. The molecule has 6 heteroatoms. The molecule has 1 unspecified atom stereocenters. The second-order valence-corrected chi connectivity index (χ2v) is 7.72. The predicted molar refractivity (Wildman–Crippen MR) is 107 cm³/mol. The Balaban J connectivity index is 1.63. The van der Waals surface area contributed by atoms with Crippen molar-refractivity contribution in [3.8, 4) is 0 Å². The van der Waals surface area contributed by atoms with Crippen LogP contribution in [0.2, 0.25) is 0 Å². The lowest BCUT2D eigenvalue weighted by molar-refractivity contribution is 0.0696. The normalized spacial score (nSPS) is 15.7. The largest absolute Gasteiger partial charge is 0.478 e. The molecule has 3 aromatic rings. The monoisotopic (exact) mass is 395 g/mol. The number of aromatic carboxylic acids is 1. The van der Waals surface area contributed by atoms with E-state index in [2.05, 4.69) is 5.32 Å².